The van der Waals surface area contributed by atoms with Crippen LogP contribution in [0, 0.1) is 0 Å². The molecule has 1 aromatic heterocycles. The zero-order valence-electron chi connectivity index (χ0n) is 16.4. The Morgan fingerprint density at radius 2 is 0.969 bits per heavy atom. The molecule has 0 amide bonds. The number of aromatic nitrogens is 2. The van der Waals surface area contributed by atoms with Crippen LogP contribution in [0.2, 0.25) is 0 Å². The first-order valence-corrected chi connectivity index (χ1v) is 8.58. The molecule has 166 valence electrons. The Labute approximate surface area is 180 Å². The van der Waals surface area contributed by atoms with Gasteiger partial charge in [0.1, 0.15) is 33.9 Å². The molecule has 1 heterocycles. The predicted octanol–water partition coefficient (Wildman–Crippen LogP) is -2.28. The summed E-state index contributed by atoms with van der Waals surface area (Å²) in [6, 6.07) is 13.3. The van der Waals surface area contributed by atoms with Gasteiger partial charge in [-0.25, -0.2) is 9.59 Å². The van der Waals surface area contributed by atoms with E-state index in [1.807, 2.05) is 0 Å². The molecule has 0 radical (unpaired) electrons. The SMILES string of the molecule is O=C([O-])c1nccnc1C(=O)[O-].[NH3+]c1ccccc1C(=O)O.[NH3+]c1ccccc1C(=O)O. The zero-order chi connectivity index (χ0) is 24.3. The highest BCUT2D eigenvalue weighted by molar-refractivity contribution is 5.96. The molecular weight excluding hydrogens is 424 g/mol. The van der Waals surface area contributed by atoms with Gasteiger partial charge in [0.25, 0.3) is 0 Å². The fraction of sp³-hybridized carbons (Fsp3) is 0. The summed E-state index contributed by atoms with van der Waals surface area (Å²) in [7, 11) is 0. The summed E-state index contributed by atoms with van der Waals surface area (Å²) in [5.74, 6) is -5.24. The predicted molar refractivity (Wildman–Crippen MR) is 103 cm³/mol. The van der Waals surface area contributed by atoms with Crippen molar-refractivity contribution in [3.8, 4) is 0 Å². The fourth-order valence-corrected chi connectivity index (χ4v) is 2.09. The molecule has 32 heavy (non-hydrogen) atoms. The van der Waals surface area contributed by atoms with E-state index in [1.165, 1.54) is 12.1 Å². The number of rotatable bonds is 4. The highest BCUT2D eigenvalue weighted by Gasteiger charge is 2.08. The first-order chi connectivity index (χ1) is 15.1. The third-order valence-corrected chi connectivity index (χ3v) is 3.58. The Balaban J connectivity index is 0.000000241. The lowest BCUT2D eigenvalue weighted by Crippen LogP contribution is -2.41. The minimum absolute atomic E-state index is 0.266. The van der Waals surface area contributed by atoms with E-state index < -0.39 is 35.3 Å². The van der Waals surface area contributed by atoms with Crippen LogP contribution in [0.15, 0.2) is 60.9 Å². The van der Waals surface area contributed by atoms with Gasteiger partial charge in [0.15, 0.2) is 0 Å². The summed E-state index contributed by atoms with van der Waals surface area (Å²) >= 11 is 0. The minimum Gasteiger partial charge on any atom is -0.543 e. The largest absolute Gasteiger partial charge is 0.543 e. The van der Waals surface area contributed by atoms with Crippen LogP contribution in [-0.4, -0.2) is 44.1 Å². The van der Waals surface area contributed by atoms with Gasteiger partial charge in [-0.3, -0.25) is 9.97 Å². The average molecular weight is 442 g/mol. The molecule has 12 heteroatoms. The molecule has 0 saturated heterocycles. The first kappa shape index (κ1) is 25.4. The molecule has 0 aliphatic carbocycles. The van der Waals surface area contributed by atoms with Crippen molar-refractivity contribution in [1.82, 2.24) is 9.97 Å². The van der Waals surface area contributed by atoms with Crippen molar-refractivity contribution in [1.29, 1.82) is 0 Å². The molecular formula is C20H18N4O8. The lowest BCUT2D eigenvalue weighted by atomic mass is 10.2. The van der Waals surface area contributed by atoms with E-state index in [1.54, 1.807) is 36.4 Å². The van der Waals surface area contributed by atoms with Crippen molar-refractivity contribution < 1.29 is 51.1 Å². The van der Waals surface area contributed by atoms with Crippen LogP contribution in [0.5, 0.6) is 0 Å². The maximum absolute atomic E-state index is 10.4. The molecule has 0 aliphatic rings. The van der Waals surface area contributed by atoms with Crippen molar-refractivity contribution in [2.45, 2.75) is 0 Å². The molecule has 0 aliphatic heterocycles. The number of quaternary nitrogens is 2. The standard InChI is InChI=1S/2C7H7NO2.C6H4N2O4/c2*8-6-4-2-1-3-5(6)7(9)10;9-5(10)3-4(6(11)12)8-2-1-7-3/h2*1-4H,8H2,(H,9,10);1-2H,(H,9,10)(H,11,12). The molecule has 0 saturated carbocycles. The van der Waals surface area contributed by atoms with Crippen molar-refractivity contribution in [2.24, 2.45) is 0 Å². The Bertz CT molecular complexity index is 1050. The number of aromatic carboxylic acids is 4. The number of carbonyl (C=O) groups excluding carboxylic acids is 2. The van der Waals surface area contributed by atoms with Gasteiger partial charge in [0.05, 0.1) is 11.9 Å². The highest BCUT2D eigenvalue weighted by atomic mass is 16.4. The van der Waals surface area contributed by atoms with Crippen molar-refractivity contribution in [2.75, 3.05) is 0 Å². The van der Waals surface area contributed by atoms with Gasteiger partial charge in [-0.05, 0) is 24.3 Å². The summed E-state index contributed by atoms with van der Waals surface area (Å²) in [4.78, 5) is 47.7. The van der Waals surface area contributed by atoms with Crippen LogP contribution in [0.25, 0.3) is 0 Å². The van der Waals surface area contributed by atoms with E-state index in [0.717, 1.165) is 12.4 Å². The number of carboxylic acid groups (broad SMARTS) is 4. The van der Waals surface area contributed by atoms with Gasteiger partial charge in [0.2, 0.25) is 0 Å². The third kappa shape index (κ3) is 7.62. The van der Waals surface area contributed by atoms with E-state index >= 15 is 0 Å². The number of hydrogen-bond donors (Lipinski definition) is 4. The van der Waals surface area contributed by atoms with E-state index in [0.29, 0.717) is 11.4 Å². The van der Waals surface area contributed by atoms with E-state index in [2.05, 4.69) is 21.4 Å². The molecule has 2 aromatic carbocycles. The Morgan fingerprint density at radius 1 is 0.656 bits per heavy atom. The second-order valence-electron chi connectivity index (χ2n) is 5.75. The third-order valence-electron chi connectivity index (χ3n) is 3.58. The van der Waals surface area contributed by atoms with Gasteiger partial charge >= 0.3 is 11.9 Å². The summed E-state index contributed by atoms with van der Waals surface area (Å²) in [5.41, 5.74) is 7.31. The van der Waals surface area contributed by atoms with Crippen molar-refractivity contribution >= 4 is 35.3 Å². The van der Waals surface area contributed by atoms with Crippen LogP contribution in [0.1, 0.15) is 41.7 Å². The van der Waals surface area contributed by atoms with Gasteiger partial charge in [-0.15, -0.1) is 0 Å². The lowest BCUT2D eigenvalue weighted by Gasteiger charge is -2.07. The van der Waals surface area contributed by atoms with E-state index in [4.69, 9.17) is 10.2 Å². The van der Waals surface area contributed by atoms with E-state index in [9.17, 15) is 29.4 Å². The molecule has 0 atom stereocenters. The van der Waals surface area contributed by atoms with Gasteiger partial charge in [-0.1, -0.05) is 24.3 Å². The number of benzene rings is 2. The van der Waals surface area contributed by atoms with Crippen LogP contribution in [0.4, 0.5) is 11.4 Å². The Morgan fingerprint density at radius 3 is 1.19 bits per heavy atom. The summed E-state index contributed by atoms with van der Waals surface area (Å²) in [6.07, 6.45) is 2.11. The van der Waals surface area contributed by atoms with E-state index in [-0.39, 0.29) is 11.1 Å². The molecule has 12 nitrogen and oxygen atoms in total. The zero-order valence-corrected chi connectivity index (χ0v) is 16.4. The Kier molecular flexibility index (Phi) is 9.60. The number of carbonyl (C=O) groups is 4. The van der Waals surface area contributed by atoms with Crippen LogP contribution in [0.3, 0.4) is 0 Å². The summed E-state index contributed by atoms with van der Waals surface area (Å²) < 4.78 is 0. The van der Waals surface area contributed by atoms with Gasteiger partial charge in [-0.2, -0.15) is 0 Å². The van der Waals surface area contributed by atoms with Crippen LogP contribution < -0.4 is 21.7 Å². The normalized spacial score (nSPS) is 9.31. The molecule has 0 fully saturated rings. The molecule has 3 rings (SSSR count). The number of carboxylic acids is 4. The topological polar surface area (TPSA) is 236 Å². The van der Waals surface area contributed by atoms with Gasteiger partial charge in [0, 0.05) is 12.4 Å². The number of nitrogens with zero attached hydrogens (tertiary/aromatic N) is 2. The van der Waals surface area contributed by atoms with Crippen molar-refractivity contribution in [3.05, 3.63) is 83.4 Å². The molecule has 0 spiro atoms. The molecule has 3 aromatic rings. The second kappa shape index (κ2) is 12.1. The minimum atomic E-state index is -1.69. The monoisotopic (exact) mass is 442 g/mol. The molecule has 0 bridgehead atoms. The maximum Gasteiger partial charge on any atom is 0.341 e. The smallest absolute Gasteiger partial charge is 0.341 e. The number of hydrogen-bond acceptors (Lipinski definition) is 8. The van der Waals surface area contributed by atoms with Crippen molar-refractivity contribution in [3.63, 3.8) is 0 Å². The maximum atomic E-state index is 10.4. The highest BCUT2D eigenvalue weighted by Crippen LogP contribution is 2.07. The quantitative estimate of drug-likeness (QED) is 0.337. The second-order valence-corrected chi connectivity index (χ2v) is 5.75. The van der Waals surface area contributed by atoms with Crippen LogP contribution >= 0.6 is 0 Å². The Hall–Kier alpha value is -4.68. The first-order valence-electron chi connectivity index (χ1n) is 8.58. The average Bonchev–Trinajstić information content (AvgIpc) is 2.75. The fourth-order valence-electron chi connectivity index (χ4n) is 2.09. The molecule has 0 unspecified atom stereocenters. The summed E-state index contributed by atoms with van der Waals surface area (Å²) in [5, 5.41) is 37.5. The summed E-state index contributed by atoms with van der Waals surface area (Å²) in [6.45, 7) is 0. The molecule has 8 N–H and O–H groups in total. The van der Waals surface area contributed by atoms with Gasteiger partial charge < -0.3 is 41.5 Å². The van der Waals surface area contributed by atoms with Crippen LogP contribution in [-0.2, 0) is 0 Å². The lowest BCUT2D eigenvalue weighted by molar-refractivity contribution is -0.260.